The number of methoxy groups -OCH3 is 1. The second-order valence-corrected chi connectivity index (χ2v) is 8.11. The summed E-state index contributed by atoms with van der Waals surface area (Å²) in [7, 11) is 1.54. The van der Waals surface area contributed by atoms with Crippen LogP contribution in [-0.4, -0.2) is 35.8 Å². The number of rotatable bonds is 3. The van der Waals surface area contributed by atoms with Gasteiger partial charge in [0.25, 0.3) is 0 Å². The van der Waals surface area contributed by atoms with Gasteiger partial charge in [0.05, 0.1) is 19.7 Å². The lowest BCUT2D eigenvalue weighted by atomic mass is 9.88. The molecule has 0 radical (unpaired) electrons. The summed E-state index contributed by atoms with van der Waals surface area (Å²) < 4.78 is 46.7. The first-order chi connectivity index (χ1) is 13.3. The van der Waals surface area contributed by atoms with E-state index in [2.05, 4.69) is 20.9 Å². The van der Waals surface area contributed by atoms with Gasteiger partial charge in [0.15, 0.2) is 0 Å². The van der Waals surface area contributed by atoms with Crippen LogP contribution in [0.3, 0.4) is 0 Å². The monoisotopic (exact) mass is 452 g/mol. The maximum atomic E-state index is 13.5. The molecule has 2 atom stereocenters. The van der Waals surface area contributed by atoms with Crippen molar-refractivity contribution in [2.75, 3.05) is 13.7 Å². The highest BCUT2D eigenvalue weighted by Gasteiger charge is 2.42. The molecule has 1 unspecified atom stereocenters. The molecule has 0 spiro atoms. The van der Waals surface area contributed by atoms with Gasteiger partial charge in [0.2, 0.25) is 0 Å². The molecule has 0 fully saturated rings. The first-order valence-corrected chi connectivity index (χ1v) is 9.83. The van der Waals surface area contributed by atoms with Crippen molar-refractivity contribution in [3.05, 3.63) is 63.8 Å². The van der Waals surface area contributed by atoms with Crippen molar-refractivity contribution in [1.82, 2.24) is 9.88 Å². The van der Waals surface area contributed by atoms with Gasteiger partial charge in [-0.05, 0) is 43.2 Å². The molecule has 7 heteroatoms. The molecular weight excluding hydrogens is 433 g/mol. The number of fused-ring (bicyclic) bond motifs is 3. The molecule has 1 N–H and O–H groups in total. The predicted octanol–water partition coefficient (Wildman–Crippen LogP) is 5.84. The van der Waals surface area contributed by atoms with Crippen molar-refractivity contribution in [2.45, 2.75) is 31.6 Å². The maximum Gasteiger partial charge on any atom is 0.401 e. The van der Waals surface area contributed by atoms with Gasteiger partial charge in [-0.2, -0.15) is 13.2 Å². The lowest BCUT2D eigenvalue weighted by molar-refractivity contribution is -0.155. The van der Waals surface area contributed by atoms with Gasteiger partial charge in [-0.15, -0.1) is 0 Å². The summed E-state index contributed by atoms with van der Waals surface area (Å²) in [4.78, 5) is 4.91. The van der Waals surface area contributed by atoms with Gasteiger partial charge < -0.3 is 9.72 Å². The lowest BCUT2D eigenvalue weighted by Crippen LogP contribution is -2.47. The van der Waals surface area contributed by atoms with Crippen LogP contribution in [0.4, 0.5) is 13.2 Å². The third-order valence-corrected chi connectivity index (χ3v) is 5.86. The molecule has 1 aromatic heterocycles. The van der Waals surface area contributed by atoms with E-state index in [0.717, 1.165) is 26.6 Å². The average Bonchev–Trinajstić information content (AvgIpc) is 2.99. The van der Waals surface area contributed by atoms with Crippen LogP contribution in [0.25, 0.3) is 10.9 Å². The molecule has 1 aliphatic rings. The Kier molecular flexibility index (Phi) is 4.91. The van der Waals surface area contributed by atoms with E-state index in [1.54, 1.807) is 13.2 Å². The van der Waals surface area contributed by atoms with Gasteiger partial charge in [0, 0.05) is 32.7 Å². The topological polar surface area (TPSA) is 28.3 Å². The minimum Gasteiger partial charge on any atom is -0.496 e. The van der Waals surface area contributed by atoms with E-state index >= 15 is 0 Å². The van der Waals surface area contributed by atoms with E-state index in [9.17, 15) is 13.2 Å². The summed E-state index contributed by atoms with van der Waals surface area (Å²) in [5.41, 5.74) is 3.53. The summed E-state index contributed by atoms with van der Waals surface area (Å²) >= 11 is 3.46. The zero-order valence-electron chi connectivity index (χ0n) is 15.5. The molecule has 148 valence electrons. The van der Waals surface area contributed by atoms with E-state index < -0.39 is 18.8 Å². The molecule has 2 aromatic carbocycles. The van der Waals surface area contributed by atoms with Crippen molar-refractivity contribution >= 4 is 26.8 Å². The van der Waals surface area contributed by atoms with E-state index in [0.29, 0.717) is 17.7 Å². The molecule has 3 aromatic rings. The summed E-state index contributed by atoms with van der Waals surface area (Å²) in [6, 6.07) is 12.5. The minimum absolute atomic E-state index is 0.276. The number of H-pyrrole nitrogens is 1. The van der Waals surface area contributed by atoms with Gasteiger partial charge >= 0.3 is 6.18 Å². The number of alkyl halides is 3. The van der Waals surface area contributed by atoms with Crippen molar-refractivity contribution in [3.63, 3.8) is 0 Å². The summed E-state index contributed by atoms with van der Waals surface area (Å²) in [5.74, 6) is 0.569. The standard InChI is InChI=1S/C21H20BrF3N2O/c1-12-9-15-14-5-3-4-6-17(14)26-19(15)20(27(12)11-21(23,24)25)16-10-13(22)7-8-18(16)28-2/h3-8,10,12,20,26H,9,11H2,1-2H3/t12-,20?/m1/s1. The summed E-state index contributed by atoms with van der Waals surface area (Å²) in [6.07, 6.45) is -3.74. The highest BCUT2D eigenvalue weighted by molar-refractivity contribution is 9.10. The van der Waals surface area contributed by atoms with Crippen molar-refractivity contribution in [1.29, 1.82) is 0 Å². The number of nitrogens with zero attached hydrogens (tertiary/aromatic N) is 1. The molecule has 0 aliphatic carbocycles. The molecule has 28 heavy (non-hydrogen) atoms. The summed E-state index contributed by atoms with van der Waals surface area (Å²) in [5, 5.41) is 1.06. The van der Waals surface area contributed by atoms with Crippen LogP contribution in [-0.2, 0) is 6.42 Å². The Bertz CT molecular complexity index is 1010. The van der Waals surface area contributed by atoms with Crippen LogP contribution in [0.2, 0.25) is 0 Å². The van der Waals surface area contributed by atoms with Gasteiger partial charge in [0.1, 0.15) is 5.75 Å². The van der Waals surface area contributed by atoms with Crippen LogP contribution in [0.5, 0.6) is 5.75 Å². The van der Waals surface area contributed by atoms with Crippen LogP contribution >= 0.6 is 15.9 Å². The number of halogens is 4. The van der Waals surface area contributed by atoms with Crippen LogP contribution in [0, 0.1) is 0 Å². The lowest BCUT2D eigenvalue weighted by Gasteiger charge is -2.41. The Labute approximate surface area is 169 Å². The molecule has 2 heterocycles. The Morgan fingerprint density at radius 1 is 1.21 bits per heavy atom. The third-order valence-electron chi connectivity index (χ3n) is 5.37. The Hall–Kier alpha value is -1.99. The third kappa shape index (κ3) is 3.42. The van der Waals surface area contributed by atoms with Crippen molar-refractivity contribution in [3.8, 4) is 5.75 Å². The van der Waals surface area contributed by atoms with E-state index in [4.69, 9.17) is 4.74 Å². The second-order valence-electron chi connectivity index (χ2n) is 7.19. The zero-order chi connectivity index (χ0) is 20.1. The molecule has 0 bridgehead atoms. The number of hydrogen-bond acceptors (Lipinski definition) is 2. The molecule has 0 amide bonds. The number of hydrogen-bond donors (Lipinski definition) is 1. The smallest absolute Gasteiger partial charge is 0.401 e. The van der Waals surface area contributed by atoms with Crippen molar-refractivity contribution in [2.24, 2.45) is 0 Å². The summed E-state index contributed by atoms with van der Waals surface area (Å²) in [6.45, 7) is 0.872. The molecule has 3 nitrogen and oxygen atoms in total. The molecule has 4 rings (SSSR count). The first kappa shape index (κ1) is 19.3. The van der Waals surface area contributed by atoms with Crippen molar-refractivity contribution < 1.29 is 17.9 Å². The molecule has 1 aliphatic heterocycles. The number of aromatic nitrogens is 1. The Morgan fingerprint density at radius 3 is 2.68 bits per heavy atom. The van der Waals surface area contributed by atoms with E-state index in [1.807, 2.05) is 43.3 Å². The number of aromatic amines is 1. The van der Waals surface area contributed by atoms with Gasteiger partial charge in [-0.3, -0.25) is 4.90 Å². The molecule has 0 saturated carbocycles. The normalized spacial score (nSPS) is 20.4. The fourth-order valence-corrected chi connectivity index (χ4v) is 4.59. The largest absolute Gasteiger partial charge is 0.496 e. The second kappa shape index (κ2) is 7.12. The number of ether oxygens (including phenoxy) is 1. The fourth-order valence-electron chi connectivity index (χ4n) is 4.21. The Balaban J connectivity index is 1.96. The highest BCUT2D eigenvalue weighted by atomic mass is 79.9. The van der Waals surface area contributed by atoms with E-state index in [1.165, 1.54) is 4.90 Å². The van der Waals surface area contributed by atoms with Gasteiger partial charge in [-0.25, -0.2) is 0 Å². The van der Waals surface area contributed by atoms with Crippen LogP contribution < -0.4 is 4.74 Å². The first-order valence-electron chi connectivity index (χ1n) is 9.04. The average molecular weight is 453 g/mol. The minimum atomic E-state index is -4.30. The Morgan fingerprint density at radius 2 is 1.96 bits per heavy atom. The molecule has 0 saturated heterocycles. The van der Waals surface area contributed by atoms with Crippen LogP contribution in [0.15, 0.2) is 46.9 Å². The van der Waals surface area contributed by atoms with Crippen LogP contribution in [0.1, 0.15) is 29.8 Å². The fraction of sp³-hybridized carbons (Fsp3) is 0.333. The highest BCUT2D eigenvalue weighted by Crippen LogP contribution is 2.45. The predicted molar refractivity (Wildman–Crippen MR) is 107 cm³/mol. The van der Waals surface area contributed by atoms with Gasteiger partial charge in [-0.1, -0.05) is 34.1 Å². The zero-order valence-corrected chi connectivity index (χ0v) is 17.1. The quantitative estimate of drug-likeness (QED) is 0.540. The number of para-hydroxylation sites is 1. The van der Waals surface area contributed by atoms with E-state index in [-0.39, 0.29) is 6.04 Å². The molecular formula is C21H20BrF3N2O. The maximum absolute atomic E-state index is 13.5. The number of nitrogens with one attached hydrogen (secondary N) is 1. The SMILES string of the molecule is COc1ccc(Br)cc1C1c2[nH]c3ccccc3c2C[C@@H](C)N1CC(F)(F)F. The number of benzene rings is 2.